The van der Waals surface area contributed by atoms with Gasteiger partial charge in [-0.1, -0.05) is 6.07 Å². The van der Waals surface area contributed by atoms with Gasteiger partial charge < -0.3 is 4.74 Å². The van der Waals surface area contributed by atoms with Crippen molar-refractivity contribution in [2.24, 2.45) is 5.14 Å². The van der Waals surface area contributed by atoms with E-state index in [1.165, 1.54) is 12.1 Å². The molecule has 2 rings (SSSR count). The number of benzene rings is 2. The first-order valence-electron chi connectivity index (χ1n) is 7.69. The van der Waals surface area contributed by atoms with Crippen LogP contribution < -0.4 is 20.7 Å². The second-order valence-electron chi connectivity index (χ2n) is 5.39. The number of amides is 2. The van der Waals surface area contributed by atoms with Crippen molar-refractivity contribution in [3.8, 4) is 5.75 Å². The second kappa shape index (κ2) is 7.98. The van der Waals surface area contributed by atoms with E-state index in [4.69, 9.17) is 9.88 Å². The normalized spacial score (nSPS) is 10.9. The summed E-state index contributed by atoms with van der Waals surface area (Å²) in [7, 11) is -3.95. The van der Waals surface area contributed by atoms with Crippen molar-refractivity contribution in [3.63, 3.8) is 0 Å². The molecule has 8 nitrogen and oxygen atoms in total. The Kier molecular flexibility index (Phi) is 5.96. The number of nitrogens with one attached hydrogen (secondary N) is 2. The zero-order valence-corrected chi connectivity index (χ0v) is 15.1. The maximum Gasteiger partial charge on any atom is 0.269 e. The molecule has 0 atom stereocenters. The predicted octanol–water partition coefficient (Wildman–Crippen LogP) is 1.12. The molecule has 0 saturated heterocycles. The number of aryl methyl sites for hydroxylation is 1. The topological polar surface area (TPSA) is 128 Å². The molecule has 0 aromatic heterocycles. The minimum absolute atomic E-state index is 0.0478. The molecule has 2 aromatic rings. The van der Waals surface area contributed by atoms with Gasteiger partial charge in [0.25, 0.3) is 11.8 Å². The van der Waals surface area contributed by atoms with E-state index in [-0.39, 0.29) is 10.5 Å². The predicted molar refractivity (Wildman–Crippen MR) is 95.1 cm³/mol. The molecule has 138 valence electrons. The van der Waals surface area contributed by atoms with E-state index in [1.807, 2.05) is 6.92 Å². The van der Waals surface area contributed by atoms with Crippen LogP contribution >= 0.6 is 0 Å². The average molecular weight is 377 g/mol. The third kappa shape index (κ3) is 4.80. The summed E-state index contributed by atoms with van der Waals surface area (Å²) in [6.45, 7) is 3.93. The van der Waals surface area contributed by atoms with Crippen LogP contribution in [0.3, 0.4) is 0 Å². The molecule has 2 aromatic carbocycles. The van der Waals surface area contributed by atoms with Crippen LogP contribution in [0.1, 0.15) is 33.2 Å². The summed E-state index contributed by atoms with van der Waals surface area (Å²) in [4.78, 5) is 24.0. The number of sulfonamides is 1. The maximum atomic E-state index is 12.1. The molecule has 0 aliphatic rings. The van der Waals surface area contributed by atoms with Crippen molar-refractivity contribution in [1.82, 2.24) is 10.9 Å². The van der Waals surface area contributed by atoms with Gasteiger partial charge in [-0.15, -0.1) is 0 Å². The summed E-state index contributed by atoms with van der Waals surface area (Å²) < 4.78 is 28.3. The minimum Gasteiger partial charge on any atom is -0.494 e. The average Bonchev–Trinajstić information content (AvgIpc) is 2.59. The summed E-state index contributed by atoms with van der Waals surface area (Å²) in [5, 5.41) is 5.12. The molecule has 0 unspecified atom stereocenters. The molecule has 0 saturated carbocycles. The molecule has 0 bridgehead atoms. The van der Waals surface area contributed by atoms with Crippen LogP contribution in [0.15, 0.2) is 47.4 Å². The van der Waals surface area contributed by atoms with Gasteiger partial charge in [0.05, 0.1) is 11.5 Å². The van der Waals surface area contributed by atoms with Crippen molar-refractivity contribution in [3.05, 3.63) is 59.2 Å². The van der Waals surface area contributed by atoms with E-state index >= 15 is 0 Å². The largest absolute Gasteiger partial charge is 0.494 e. The van der Waals surface area contributed by atoms with E-state index in [9.17, 15) is 18.0 Å². The highest BCUT2D eigenvalue weighted by Gasteiger charge is 2.16. The zero-order valence-electron chi connectivity index (χ0n) is 14.3. The number of ether oxygens (including phenoxy) is 1. The van der Waals surface area contributed by atoms with E-state index in [0.29, 0.717) is 23.5 Å². The number of nitrogens with two attached hydrogens (primary N) is 1. The first-order valence-corrected chi connectivity index (χ1v) is 9.24. The second-order valence-corrected chi connectivity index (χ2v) is 6.92. The lowest BCUT2D eigenvalue weighted by Gasteiger charge is -2.10. The van der Waals surface area contributed by atoms with Crippen molar-refractivity contribution in [1.29, 1.82) is 0 Å². The lowest BCUT2D eigenvalue weighted by molar-refractivity contribution is 0.0846. The van der Waals surface area contributed by atoms with Gasteiger partial charge in [-0.3, -0.25) is 20.4 Å². The fourth-order valence-electron chi connectivity index (χ4n) is 2.17. The number of hydrogen-bond donors (Lipinski definition) is 3. The molecular formula is C17H19N3O5S. The Morgan fingerprint density at radius 2 is 1.54 bits per heavy atom. The molecule has 0 heterocycles. The quantitative estimate of drug-likeness (QED) is 0.673. The molecule has 4 N–H and O–H groups in total. The highest BCUT2D eigenvalue weighted by atomic mass is 32.2. The summed E-state index contributed by atoms with van der Waals surface area (Å²) in [6, 6.07) is 10.4. The van der Waals surface area contributed by atoms with Gasteiger partial charge >= 0.3 is 0 Å². The Labute approximate surface area is 151 Å². The smallest absolute Gasteiger partial charge is 0.269 e. The van der Waals surface area contributed by atoms with E-state index in [2.05, 4.69) is 10.9 Å². The van der Waals surface area contributed by atoms with Crippen LogP contribution in [-0.2, 0) is 10.0 Å². The Balaban J connectivity index is 2.05. The molecule has 2 amide bonds. The SMILES string of the molecule is CCOc1ccc(C(=O)NNC(=O)c2ccc(C)c(S(N)(=O)=O)c2)cc1. The van der Waals surface area contributed by atoms with Crippen LogP contribution in [0.4, 0.5) is 0 Å². The van der Waals surface area contributed by atoms with Crippen LogP contribution in [-0.4, -0.2) is 26.8 Å². The molecule has 0 aliphatic heterocycles. The van der Waals surface area contributed by atoms with Crippen molar-refractivity contribution in [2.75, 3.05) is 6.61 Å². The summed E-state index contributed by atoms with van der Waals surface area (Å²) in [6.07, 6.45) is 0. The number of hydrazine groups is 1. The number of hydrogen-bond acceptors (Lipinski definition) is 5. The third-order valence-corrected chi connectivity index (χ3v) is 4.53. The van der Waals surface area contributed by atoms with Gasteiger partial charge in [-0.05, 0) is 55.8 Å². The summed E-state index contributed by atoms with van der Waals surface area (Å²) in [5.41, 5.74) is 5.28. The number of primary sulfonamides is 1. The van der Waals surface area contributed by atoms with Gasteiger partial charge in [-0.25, -0.2) is 13.6 Å². The Morgan fingerprint density at radius 3 is 2.08 bits per heavy atom. The van der Waals surface area contributed by atoms with Crippen LogP contribution in [0, 0.1) is 6.92 Å². The summed E-state index contributed by atoms with van der Waals surface area (Å²) >= 11 is 0. The van der Waals surface area contributed by atoms with Gasteiger partial charge in [0, 0.05) is 11.1 Å². The van der Waals surface area contributed by atoms with Crippen LogP contribution in [0.5, 0.6) is 5.75 Å². The summed E-state index contributed by atoms with van der Waals surface area (Å²) in [5.74, 6) is -0.572. The van der Waals surface area contributed by atoms with Gasteiger partial charge in [-0.2, -0.15) is 0 Å². The standard InChI is InChI=1S/C17H19N3O5S/c1-3-25-14-8-6-12(7-9-14)16(21)19-20-17(22)13-5-4-11(2)15(10-13)26(18,23)24/h4-10H,3H2,1-2H3,(H,19,21)(H,20,22)(H2,18,23,24). The maximum absolute atomic E-state index is 12.1. The van der Waals surface area contributed by atoms with E-state index in [0.717, 1.165) is 6.07 Å². The van der Waals surface area contributed by atoms with E-state index in [1.54, 1.807) is 31.2 Å². The highest BCUT2D eigenvalue weighted by Crippen LogP contribution is 2.15. The Hall–Kier alpha value is -2.91. The van der Waals surface area contributed by atoms with Crippen molar-refractivity contribution >= 4 is 21.8 Å². The molecular weight excluding hydrogens is 358 g/mol. The Morgan fingerprint density at radius 1 is 1.00 bits per heavy atom. The van der Waals surface area contributed by atoms with Gasteiger partial charge in [0.2, 0.25) is 10.0 Å². The fraction of sp³-hybridized carbons (Fsp3) is 0.176. The minimum atomic E-state index is -3.95. The van der Waals surface area contributed by atoms with Crippen LogP contribution in [0.2, 0.25) is 0 Å². The van der Waals surface area contributed by atoms with Crippen molar-refractivity contribution in [2.45, 2.75) is 18.7 Å². The monoisotopic (exact) mass is 377 g/mol. The van der Waals surface area contributed by atoms with Crippen molar-refractivity contribution < 1.29 is 22.7 Å². The third-order valence-electron chi connectivity index (χ3n) is 3.47. The number of rotatable bonds is 5. The lowest BCUT2D eigenvalue weighted by atomic mass is 10.1. The fourth-order valence-corrected chi connectivity index (χ4v) is 2.98. The highest BCUT2D eigenvalue weighted by molar-refractivity contribution is 7.89. The lowest BCUT2D eigenvalue weighted by Crippen LogP contribution is -2.41. The van der Waals surface area contributed by atoms with Gasteiger partial charge in [0.1, 0.15) is 5.75 Å². The Bertz CT molecular complexity index is 924. The molecule has 0 fully saturated rings. The zero-order chi connectivity index (χ0) is 19.3. The molecule has 9 heteroatoms. The molecule has 0 radical (unpaired) electrons. The van der Waals surface area contributed by atoms with Crippen LogP contribution in [0.25, 0.3) is 0 Å². The first-order chi connectivity index (χ1) is 12.2. The number of carbonyl (C=O) groups is 2. The molecule has 0 aliphatic carbocycles. The number of carbonyl (C=O) groups excluding carboxylic acids is 2. The molecule has 0 spiro atoms. The van der Waals surface area contributed by atoms with Gasteiger partial charge in [0.15, 0.2) is 0 Å². The first kappa shape index (κ1) is 19.4. The van der Waals surface area contributed by atoms with E-state index < -0.39 is 21.8 Å². The molecule has 26 heavy (non-hydrogen) atoms.